The summed E-state index contributed by atoms with van der Waals surface area (Å²) in [7, 11) is 0. The topological polar surface area (TPSA) is 229 Å². The number of urea groups is 1. The van der Waals surface area contributed by atoms with Crippen LogP contribution in [0.5, 0.6) is 11.5 Å². The number of hydrogen-bond acceptors (Lipinski definition) is 18. The van der Waals surface area contributed by atoms with Gasteiger partial charge in [-0.15, -0.1) is 12.8 Å². The molecule has 85 heavy (non-hydrogen) atoms. The SMILES string of the molecule is C#CCN(C(=O)N1CCCC1)c1cnc(N(CC)CC)nc1N[C@@H](Cc1ccc(OC(=O)N2CCCC2)cc1)C(=O)OC(C)(C)C.C#CCNc1cnc(N(CC)CC)nc1N[C@@H](Cc1ccc(OC(=O)N2CCCC2)cc1)C(=O)OC(C)(C)C. The van der Waals surface area contributed by atoms with Crippen LogP contribution in [0.1, 0.15) is 119 Å². The van der Waals surface area contributed by atoms with Gasteiger partial charge in [0.25, 0.3) is 0 Å². The molecule has 2 aromatic heterocycles. The maximum Gasteiger partial charge on any atom is 0.415 e. The third-order valence-electron chi connectivity index (χ3n) is 14.0. The number of rotatable bonds is 22. The van der Waals surface area contributed by atoms with Crippen molar-refractivity contribution in [2.24, 2.45) is 0 Å². The number of nitrogens with one attached hydrogen (secondary N) is 3. The second-order valence-electron chi connectivity index (χ2n) is 22.8. The fourth-order valence-corrected chi connectivity index (χ4v) is 9.62. The van der Waals surface area contributed by atoms with Gasteiger partial charge in [0.15, 0.2) is 11.6 Å². The van der Waals surface area contributed by atoms with Crippen molar-refractivity contribution < 1.29 is 42.9 Å². The summed E-state index contributed by atoms with van der Waals surface area (Å²) in [6.07, 6.45) is 20.1. The van der Waals surface area contributed by atoms with E-state index in [1.165, 1.54) is 4.90 Å². The molecule has 0 radical (unpaired) electrons. The molecular formula is C63H87N13O9. The predicted molar refractivity (Wildman–Crippen MR) is 331 cm³/mol. The molecule has 22 heteroatoms. The number of benzene rings is 2. The van der Waals surface area contributed by atoms with Crippen LogP contribution >= 0.6 is 0 Å². The van der Waals surface area contributed by atoms with Gasteiger partial charge in [-0.25, -0.2) is 33.9 Å². The molecule has 0 spiro atoms. The van der Waals surface area contributed by atoms with E-state index in [1.807, 2.05) is 103 Å². The minimum atomic E-state index is -0.884. The van der Waals surface area contributed by atoms with Gasteiger partial charge in [-0.2, -0.15) is 9.97 Å². The van der Waals surface area contributed by atoms with Gasteiger partial charge in [-0.1, -0.05) is 36.1 Å². The minimum absolute atomic E-state index is 0.00665. The highest BCUT2D eigenvalue weighted by atomic mass is 16.6. The van der Waals surface area contributed by atoms with E-state index in [0.29, 0.717) is 92.1 Å². The van der Waals surface area contributed by atoms with Gasteiger partial charge in [0.1, 0.15) is 40.5 Å². The van der Waals surface area contributed by atoms with E-state index in [2.05, 4.69) is 37.8 Å². The fraction of sp³-hybridized carbons (Fsp3) is 0.540. The van der Waals surface area contributed by atoms with Crippen LogP contribution in [0, 0.1) is 24.7 Å². The van der Waals surface area contributed by atoms with Crippen LogP contribution in [-0.4, -0.2) is 167 Å². The second kappa shape index (κ2) is 31.4. The number of nitrogens with zero attached hydrogens (tertiary/aromatic N) is 10. The van der Waals surface area contributed by atoms with Crippen molar-refractivity contribution in [3.05, 3.63) is 72.1 Å². The summed E-state index contributed by atoms with van der Waals surface area (Å²) < 4.78 is 22.6. The second-order valence-corrected chi connectivity index (χ2v) is 22.8. The molecule has 3 fully saturated rings. The maximum absolute atomic E-state index is 13.7. The van der Waals surface area contributed by atoms with Gasteiger partial charge in [-0.05, 0) is 143 Å². The van der Waals surface area contributed by atoms with Crippen LogP contribution in [0.15, 0.2) is 60.9 Å². The Morgan fingerprint density at radius 3 is 1.38 bits per heavy atom. The third kappa shape index (κ3) is 19.8. The molecule has 2 aromatic carbocycles. The van der Waals surface area contributed by atoms with Crippen molar-refractivity contribution in [1.82, 2.24) is 34.6 Å². The van der Waals surface area contributed by atoms with Crippen LogP contribution in [-0.2, 0) is 31.9 Å². The number of anilines is 6. The van der Waals surface area contributed by atoms with Crippen molar-refractivity contribution >= 4 is 65.1 Å². The van der Waals surface area contributed by atoms with Crippen LogP contribution in [0.4, 0.5) is 49.3 Å². The Hall–Kier alpha value is -8.53. The number of hydrogen-bond donors (Lipinski definition) is 3. The average molecular weight is 1170 g/mol. The molecule has 3 saturated heterocycles. The summed E-state index contributed by atoms with van der Waals surface area (Å²) in [6, 6.07) is 12.3. The molecule has 3 aliphatic rings. The quantitative estimate of drug-likeness (QED) is 0.0492. The van der Waals surface area contributed by atoms with Gasteiger partial charge in [0.2, 0.25) is 11.9 Å². The predicted octanol–water partition coefficient (Wildman–Crippen LogP) is 9.27. The van der Waals surface area contributed by atoms with Crippen molar-refractivity contribution in [3.63, 3.8) is 0 Å². The summed E-state index contributed by atoms with van der Waals surface area (Å²) in [6.45, 7) is 26.2. The lowest BCUT2D eigenvalue weighted by Crippen LogP contribution is -2.43. The lowest BCUT2D eigenvalue weighted by Gasteiger charge is -2.30. The number of esters is 2. The number of carbonyl (C=O) groups is 5. The van der Waals surface area contributed by atoms with E-state index >= 15 is 0 Å². The molecule has 5 heterocycles. The summed E-state index contributed by atoms with van der Waals surface area (Å²) in [5, 5.41) is 9.71. The Labute approximate surface area is 502 Å². The number of ether oxygens (including phenoxy) is 4. The number of likely N-dealkylation sites (tertiary alicyclic amines) is 3. The van der Waals surface area contributed by atoms with Gasteiger partial charge < -0.3 is 59.4 Å². The Bertz CT molecular complexity index is 2930. The smallest absolute Gasteiger partial charge is 0.415 e. The Kier molecular flexibility index (Phi) is 24.2. The molecule has 3 N–H and O–H groups in total. The zero-order valence-electron chi connectivity index (χ0n) is 51.4. The molecule has 22 nitrogen and oxygen atoms in total. The molecule has 3 aliphatic heterocycles. The zero-order valence-corrected chi connectivity index (χ0v) is 51.4. The van der Waals surface area contributed by atoms with Crippen LogP contribution < -0.4 is 40.1 Å². The highest BCUT2D eigenvalue weighted by Crippen LogP contribution is 2.31. The molecule has 4 aromatic rings. The lowest BCUT2D eigenvalue weighted by atomic mass is 10.0. The Balaban J connectivity index is 0.000000276. The van der Waals surface area contributed by atoms with Crippen LogP contribution in [0.2, 0.25) is 0 Å². The average Bonchev–Trinajstić information content (AvgIpc) is 3.95. The van der Waals surface area contributed by atoms with Crippen LogP contribution in [0.25, 0.3) is 0 Å². The number of aromatic nitrogens is 4. The van der Waals surface area contributed by atoms with Crippen molar-refractivity contribution in [2.45, 2.75) is 144 Å². The first-order chi connectivity index (χ1) is 40.6. The van der Waals surface area contributed by atoms with E-state index in [1.54, 1.807) is 51.4 Å². The van der Waals surface area contributed by atoms with E-state index in [4.69, 9.17) is 41.8 Å². The number of terminal acetylenes is 2. The molecule has 0 aliphatic carbocycles. The lowest BCUT2D eigenvalue weighted by molar-refractivity contribution is -0.156. The summed E-state index contributed by atoms with van der Waals surface area (Å²) >= 11 is 0. The first-order valence-electron chi connectivity index (χ1n) is 29.7. The molecule has 0 unspecified atom stereocenters. The standard InChI is InChI=1S/C34H47N7O5.C29H40N6O4/c1-7-18-41(32(43)39-19-10-11-20-39)28-24-35-31(38(8-2)9-3)37-29(28)36-27(30(42)46-34(4,5)6)23-25-14-16-26(17-15-25)45-33(44)40-21-12-13-22-40;1-7-16-30-24-20-31-27(34(8-2)9-3)33-25(24)32-23(26(36)39-29(4,5)6)19-21-12-14-22(15-13-21)38-28(37)35-17-10-11-18-35/h1,14-17,24,27H,8-13,18-23H2,2-6H3,(H,35,36,37);1,12-15,20,23,30H,8-11,16-19H2,2-6H3,(H,31,32,33)/t27-;23-/m00/s1. The van der Waals surface area contributed by atoms with Gasteiger partial charge in [0, 0.05) is 78.3 Å². The normalized spacial score (nSPS) is 14.6. The Morgan fingerprint density at radius 1 is 0.576 bits per heavy atom. The van der Waals surface area contributed by atoms with E-state index in [9.17, 15) is 24.0 Å². The van der Waals surface area contributed by atoms with Gasteiger partial charge in [-0.3, -0.25) is 4.90 Å². The van der Waals surface area contributed by atoms with Crippen molar-refractivity contribution in [2.75, 3.05) is 109 Å². The summed E-state index contributed by atoms with van der Waals surface area (Å²) in [4.78, 5) is 94.7. The highest BCUT2D eigenvalue weighted by molar-refractivity contribution is 5.96. The number of carbonyl (C=O) groups excluding carboxylic acids is 5. The van der Waals surface area contributed by atoms with E-state index < -0.39 is 35.2 Å². The monoisotopic (exact) mass is 1170 g/mol. The number of amides is 4. The van der Waals surface area contributed by atoms with Gasteiger partial charge in [0.05, 0.1) is 31.2 Å². The van der Waals surface area contributed by atoms with Crippen molar-refractivity contribution in [1.29, 1.82) is 0 Å². The molecular weight excluding hydrogens is 1080 g/mol. The molecule has 458 valence electrons. The van der Waals surface area contributed by atoms with Crippen LogP contribution in [0.3, 0.4) is 0 Å². The van der Waals surface area contributed by atoms with Crippen molar-refractivity contribution in [3.8, 4) is 36.2 Å². The first-order valence-corrected chi connectivity index (χ1v) is 29.7. The highest BCUT2D eigenvalue weighted by Gasteiger charge is 2.33. The molecule has 0 bridgehead atoms. The Morgan fingerprint density at radius 2 is 0.976 bits per heavy atom. The summed E-state index contributed by atoms with van der Waals surface area (Å²) in [5.74, 6) is 6.87. The largest absolute Gasteiger partial charge is 0.458 e. The molecule has 4 amide bonds. The summed E-state index contributed by atoms with van der Waals surface area (Å²) in [5.41, 5.74) is 1.21. The van der Waals surface area contributed by atoms with Gasteiger partial charge >= 0.3 is 30.2 Å². The fourth-order valence-electron chi connectivity index (χ4n) is 9.62. The zero-order chi connectivity index (χ0) is 61.7. The third-order valence-corrected chi connectivity index (χ3v) is 14.0. The molecule has 2 atom stereocenters. The maximum atomic E-state index is 13.7. The minimum Gasteiger partial charge on any atom is -0.458 e. The van der Waals surface area contributed by atoms with E-state index in [-0.39, 0.29) is 37.7 Å². The van der Waals surface area contributed by atoms with E-state index in [0.717, 1.165) is 75.8 Å². The molecule has 7 rings (SSSR count). The first kappa shape index (κ1) is 65.6. The molecule has 0 saturated carbocycles.